The highest BCUT2D eigenvalue weighted by atomic mass is 19.1. The van der Waals surface area contributed by atoms with Crippen LogP contribution in [0.5, 0.6) is 0 Å². The summed E-state index contributed by atoms with van der Waals surface area (Å²) in [6.07, 6.45) is 0. The molecule has 1 heterocycles. The van der Waals surface area contributed by atoms with Gasteiger partial charge in [0.15, 0.2) is 5.69 Å². The van der Waals surface area contributed by atoms with E-state index in [-0.39, 0.29) is 11.1 Å². The molecule has 0 bridgehead atoms. The number of aryl methyl sites for hydroxylation is 1. The topological polar surface area (TPSA) is 64.0 Å². The summed E-state index contributed by atoms with van der Waals surface area (Å²) >= 11 is 0. The van der Waals surface area contributed by atoms with Crippen molar-refractivity contribution in [1.29, 1.82) is 0 Å². The van der Waals surface area contributed by atoms with Crippen molar-refractivity contribution in [2.24, 2.45) is 0 Å². The fourth-order valence-electron chi connectivity index (χ4n) is 2.40. The number of carbonyl (C=O) groups is 1. The van der Waals surface area contributed by atoms with E-state index in [1.165, 1.54) is 35.0 Å². The van der Waals surface area contributed by atoms with E-state index in [4.69, 9.17) is 0 Å². The van der Waals surface area contributed by atoms with E-state index in [1.54, 1.807) is 13.0 Å². The molecule has 2 aromatic carbocycles. The number of amides is 1. The largest absolute Gasteiger partial charge is 0.318 e. The molecule has 7 heteroatoms. The molecule has 1 N–H and O–H groups in total. The van der Waals surface area contributed by atoms with Crippen LogP contribution in [0, 0.1) is 11.6 Å². The van der Waals surface area contributed by atoms with Gasteiger partial charge in [0.25, 0.3) is 5.91 Å². The molecular weight excluding hydrogens is 316 g/mol. The summed E-state index contributed by atoms with van der Waals surface area (Å²) in [5, 5.41) is 6.38. The van der Waals surface area contributed by atoms with Crippen molar-refractivity contribution in [2.75, 3.05) is 5.32 Å². The number of anilines is 1. The van der Waals surface area contributed by atoms with Crippen LogP contribution < -0.4 is 10.7 Å². The third kappa shape index (κ3) is 2.76. The normalized spacial score (nSPS) is 10.8. The van der Waals surface area contributed by atoms with Gasteiger partial charge >= 0.3 is 0 Å². The summed E-state index contributed by atoms with van der Waals surface area (Å²) in [5.41, 5.74) is -0.765. The summed E-state index contributed by atoms with van der Waals surface area (Å²) < 4.78 is 28.5. The molecule has 3 aromatic rings. The Balaban J connectivity index is 2.12. The Hall–Kier alpha value is -3.09. The molecule has 0 spiro atoms. The second-order valence-corrected chi connectivity index (χ2v) is 5.09. The number of halogens is 2. The predicted molar refractivity (Wildman–Crippen MR) is 86.0 cm³/mol. The van der Waals surface area contributed by atoms with Gasteiger partial charge in [0.2, 0.25) is 5.43 Å². The summed E-state index contributed by atoms with van der Waals surface area (Å²) in [6.45, 7) is 2.15. The lowest BCUT2D eigenvalue weighted by Gasteiger charge is -2.11. The van der Waals surface area contributed by atoms with Crippen LogP contribution in [-0.2, 0) is 6.54 Å². The maximum Gasteiger partial charge on any atom is 0.280 e. The van der Waals surface area contributed by atoms with Gasteiger partial charge in [0, 0.05) is 6.54 Å². The van der Waals surface area contributed by atoms with Gasteiger partial charge in [-0.2, -0.15) is 5.10 Å². The van der Waals surface area contributed by atoms with Crippen molar-refractivity contribution in [1.82, 2.24) is 9.78 Å². The van der Waals surface area contributed by atoms with Crippen molar-refractivity contribution >= 4 is 22.5 Å². The van der Waals surface area contributed by atoms with Crippen LogP contribution >= 0.6 is 0 Å². The van der Waals surface area contributed by atoms with E-state index < -0.39 is 28.7 Å². The van der Waals surface area contributed by atoms with Crippen molar-refractivity contribution in [3.63, 3.8) is 0 Å². The highest BCUT2D eigenvalue weighted by molar-refractivity contribution is 6.04. The average molecular weight is 329 g/mol. The van der Waals surface area contributed by atoms with Gasteiger partial charge in [-0.25, -0.2) is 8.78 Å². The van der Waals surface area contributed by atoms with Crippen molar-refractivity contribution < 1.29 is 13.6 Å². The SMILES string of the molecule is CCn1nc(C(=O)Nc2ccccc2F)c(=O)c2cc(F)ccc21. The number of nitrogens with zero attached hydrogens (tertiary/aromatic N) is 2. The third-order valence-corrected chi connectivity index (χ3v) is 3.55. The zero-order valence-electron chi connectivity index (χ0n) is 12.7. The quantitative estimate of drug-likeness (QED) is 0.803. The molecule has 0 saturated heterocycles. The Morgan fingerprint density at radius 2 is 1.96 bits per heavy atom. The Kier molecular flexibility index (Phi) is 4.07. The van der Waals surface area contributed by atoms with Gasteiger partial charge in [-0.3, -0.25) is 14.3 Å². The summed E-state index contributed by atoms with van der Waals surface area (Å²) in [6, 6.07) is 9.29. The Bertz CT molecular complexity index is 999. The maximum atomic E-state index is 13.6. The minimum absolute atomic E-state index is 0.0468. The smallest absolute Gasteiger partial charge is 0.280 e. The predicted octanol–water partition coefficient (Wildman–Crippen LogP) is 2.95. The second-order valence-electron chi connectivity index (χ2n) is 5.09. The van der Waals surface area contributed by atoms with Gasteiger partial charge in [-0.1, -0.05) is 12.1 Å². The maximum absolute atomic E-state index is 13.6. The number of para-hydroxylation sites is 1. The molecule has 0 unspecified atom stereocenters. The molecule has 0 aliphatic carbocycles. The van der Waals surface area contributed by atoms with Crippen LogP contribution in [0.2, 0.25) is 0 Å². The zero-order valence-corrected chi connectivity index (χ0v) is 12.7. The molecule has 1 amide bonds. The average Bonchev–Trinajstić information content (AvgIpc) is 2.57. The molecule has 0 aliphatic rings. The number of hydrogen-bond acceptors (Lipinski definition) is 3. The molecule has 0 atom stereocenters. The van der Waals surface area contributed by atoms with Gasteiger partial charge in [0.05, 0.1) is 16.6 Å². The minimum atomic E-state index is -0.849. The van der Waals surface area contributed by atoms with Gasteiger partial charge in [-0.15, -0.1) is 0 Å². The van der Waals surface area contributed by atoms with E-state index in [9.17, 15) is 18.4 Å². The van der Waals surface area contributed by atoms with E-state index in [0.717, 1.165) is 6.07 Å². The van der Waals surface area contributed by atoms with Gasteiger partial charge < -0.3 is 5.32 Å². The summed E-state index contributed by atoms with van der Waals surface area (Å²) in [4.78, 5) is 24.8. The number of carbonyl (C=O) groups excluding carboxylic acids is 1. The second kappa shape index (κ2) is 6.19. The van der Waals surface area contributed by atoms with Gasteiger partial charge in [0.1, 0.15) is 11.6 Å². The van der Waals surface area contributed by atoms with Crippen LogP contribution in [0.4, 0.5) is 14.5 Å². The first-order chi connectivity index (χ1) is 11.5. The number of rotatable bonds is 3. The lowest BCUT2D eigenvalue weighted by Crippen LogP contribution is -2.27. The Morgan fingerprint density at radius 3 is 2.67 bits per heavy atom. The summed E-state index contributed by atoms with van der Waals surface area (Å²) in [7, 11) is 0. The molecule has 3 rings (SSSR count). The molecule has 0 radical (unpaired) electrons. The molecule has 24 heavy (non-hydrogen) atoms. The molecule has 1 aromatic heterocycles. The molecule has 0 saturated carbocycles. The first kappa shape index (κ1) is 15.8. The van der Waals surface area contributed by atoms with E-state index >= 15 is 0 Å². The molecule has 0 fully saturated rings. The fourth-order valence-corrected chi connectivity index (χ4v) is 2.40. The number of nitrogens with one attached hydrogen (secondary N) is 1. The van der Waals surface area contributed by atoms with Crippen LogP contribution in [-0.4, -0.2) is 15.7 Å². The Labute approximate surface area is 135 Å². The van der Waals surface area contributed by atoms with Crippen LogP contribution in [0.25, 0.3) is 10.9 Å². The summed E-state index contributed by atoms with van der Waals surface area (Å²) in [5.74, 6) is -2.07. The molecule has 5 nitrogen and oxygen atoms in total. The van der Waals surface area contributed by atoms with Gasteiger partial charge in [-0.05, 0) is 37.3 Å². The van der Waals surface area contributed by atoms with E-state index in [2.05, 4.69) is 10.4 Å². The highest BCUT2D eigenvalue weighted by Crippen LogP contribution is 2.15. The first-order valence-electron chi connectivity index (χ1n) is 7.27. The third-order valence-electron chi connectivity index (χ3n) is 3.55. The Morgan fingerprint density at radius 1 is 1.21 bits per heavy atom. The number of fused-ring (bicyclic) bond motifs is 1. The fraction of sp³-hybridized carbons (Fsp3) is 0.118. The van der Waals surface area contributed by atoms with Crippen LogP contribution in [0.3, 0.4) is 0 Å². The molecule has 0 aliphatic heterocycles. The molecular formula is C17H13F2N3O2. The minimum Gasteiger partial charge on any atom is -0.318 e. The zero-order chi connectivity index (χ0) is 17.3. The van der Waals surface area contributed by atoms with E-state index in [0.29, 0.717) is 12.1 Å². The van der Waals surface area contributed by atoms with Crippen LogP contribution in [0.1, 0.15) is 17.4 Å². The standard InChI is InChI=1S/C17H13F2N3O2/c1-2-22-14-8-7-10(18)9-11(14)16(23)15(21-22)17(24)20-13-6-4-3-5-12(13)19/h3-9H,2H2,1H3,(H,20,24). The van der Waals surface area contributed by atoms with E-state index in [1.807, 2.05) is 0 Å². The number of benzene rings is 2. The lowest BCUT2D eigenvalue weighted by atomic mass is 10.2. The highest BCUT2D eigenvalue weighted by Gasteiger charge is 2.18. The van der Waals surface area contributed by atoms with Crippen molar-refractivity contribution in [2.45, 2.75) is 13.5 Å². The van der Waals surface area contributed by atoms with Crippen LogP contribution in [0.15, 0.2) is 47.3 Å². The molecule has 122 valence electrons. The van der Waals surface area contributed by atoms with Crippen molar-refractivity contribution in [3.8, 4) is 0 Å². The van der Waals surface area contributed by atoms with Crippen molar-refractivity contribution in [3.05, 3.63) is 70.0 Å². The number of hydrogen-bond donors (Lipinski definition) is 1. The lowest BCUT2D eigenvalue weighted by molar-refractivity contribution is 0.101. The number of aromatic nitrogens is 2. The first-order valence-corrected chi connectivity index (χ1v) is 7.27. The monoisotopic (exact) mass is 329 g/mol.